The lowest BCUT2D eigenvalue weighted by Crippen LogP contribution is -2.71. The maximum Gasteiger partial charge on any atom is 0.168 e. The summed E-state index contributed by atoms with van der Waals surface area (Å²) in [6.07, 6.45) is -0.383. The highest BCUT2D eigenvalue weighted by molar-refractivity contribution is 5.15. The number of ether oxygens (including phenoxy) is 3. The van der Waals surface area contributed by atoms with Crippen LogP contribution in [-0.2, 0) is 34.0 Å². The van der Waals surface area contributed by atoms with Crippen molar-refractivity contribution in [1.82, 2.24) is 5.32 Å². The number of quaternary nitrogens is 1. The van der Waals surface area contributed by atoms with Crippen molar-refractivity contribution < 1.29 is 19.9 Å². The summed E-state index contributed by atoms with van der Waals surface area (Å²) in [7, 11) is 0. The van der Waals surface area contributed by atoms with Gasteiger partial charge in [-0.05, 0) is 16.7 Å². The van der Waals surface area contributed by atoms with E-state index in [1.165, 1.54) is 0 Å². The summed E-state index contributed by atoms with van der Waals surface area (Å²) in [6, 6.07) is 30.6. The highest BCUT2D eigenvalue weighted by Crippen LogP contribution is 2.22. The van der Waals surface area contributed by atoms with E-state index in [4.69, 9.17) is 14.2 Å². The third-order valence-corrected chi connectivity index (χ3v) is 5.52. The first-order valence-electron chi connectivity index (χ1n) is 10.8. The molecule has 0 aliphatic carbocycles. The lowest BCUT2D eigenvalue weighted by molar-refractivity contribution is -0.444. The molecule has 4 rings (SSSR count). The summed E-state index contributed by atoms with van der Waals surface area (Å²) in [6.45, 7) is 2.16. The highest BCUT2D eigenvalue weighted by Gasteiger charge is 2.45. The van der Waals surface area contributed by atoms with Crippen LogP contribution in [0.4, 0.5) is 0 Å². The average molecular weight is 420 g/mol. The maximum absolute atomic E-state index is 6.37. The van der Waals surface area contributed by atoms with E-state index in [2.05, 4.69) is 47.4 Å². The smallest absolute Gasteiger partial charge is 0.168 e. The summed E-state index contributed by atoms with van der Waals surface area (Å²) in [5, 5.41) is 3.53. The fourth-order valence-electron chi connectivity index (χ4n) is 3.90. The molecule has 3 aromatic rings. The summed E-state index contributed by atoms with van der Waals surface area (Å²) < 4.78 is 18.7. The van der Waals surface area contributed by atoms with Gasteiger partial charge < -0.3 is 19.9 Å². The van der Waals surface area contributed by atoms with Crippen molar-refractivity contribution in [2.75, 3.05) is 6.61 Å². The van der Waals surface area contributed by atoms with Crippen LogP contribution in [0.2, 0.25) is 0 Å². The minimum atomic E-state index is -0.158. The van der Waals surface area contributed by atoms with Crippen molar-refractivity contribution >= 4 is 0 Å². The summed E-state index contributed by atoms with van der Waals surface area (Å²) >= 11 is 0. The van der Waals surface area contributed by atoms with Crippen molar-refractivity contribution in [2.45, 2.75) is 44.2 Å². The summed E-state index contributed by atoms with van der Waals surface area (Å²) in [4.78, 5) is 0. The molecule has 0 radical (unpaired) electrons. The van der Waals surface area contributed by atoms with Crippen LogP contribution in [0.1, 0.15) is 16.7 Å². The van der Waals surface area contributed by atoms with Gasteiger partial charge in [0.15, 0.2) is 12.3 Å². The first-order valence-corrected chi connectivity index (χ1v) is 10.8. The Kier molecular flexibility index (Phi) is 7.82. The Labute approximate surface area is 184 Å². The van der Waals surface area contributed by atoms with Crippen LogP contribution in [0.15, 0.2) is 91.0 Å². The normalized spacial score (nSPS) is 23.1. The molecule has 162 valence electrons. The number of hydrogen-bond acceptors (Lipinski definition) is 4. The Balaban J connectivity index is 1.39. The molecular formula is C26H31N2O3+. The second kappa shape index (κ2) is 11.2. The molecular weight excluding hydrogens is 388 g/mol. The lowest BCUT2D eigenvalue weighted by Gasteiger charge is -2.24. The van der Waals surface area contributed by atoms with Crippen LogP contribution in [0.25, 0.3) is 0 Å². The zero-order valence-corrected chi connectivity index (χ0v) is 17.7. The summed E-state index contributed by atoms with van der Waals surface area (Å²) in [5.74, 6) is 0. The molecule has 5 heteroatoms. The van der Waals surface area contributed by atoms with Crippen LogP contribution < -0.4 is 11.1 Å². The molecule has 1 unspecified atom stereocenters. The zero-order valence-electron chi connectivity index (χ0n) is 17.7. The third kappa shape index (κ3) is 6.23. The van der Waals surface area contributed by atoms with Crippen LogP contribution in [0.5, 0.6) is 0 Å². The Morgan fingerprint density at radius 2 is 1.06 bits per heavy atom. The predicted molar refractivity (Wildman–Crippen MR) is 120 cm³/mol. The molecule has 4 atom stereocenters. The van der Waals surface area contributed by atoms with Gasteiger partial charge in [-0.25, -0.2) is 0 Å². The van der Waals surface area contributed by atoms with Gasteiger partial charge >= 0.3 is 0 Å². The van der Waals surface area contributed by atoms with E-state index in [1.807, 2.05) is 54.6 Å². The second-order valence-electron chi connectivity index (χ2n) is 7.90. The van der Waals surface area contributed by atoms with Crippen molar-refractivity contribution in [3.8, 4) is 0 Å². The Bertz CT molecular complexity index is 892. The standard InChI is InChI=1S/C26H30N2O3/c27-26-25(31-18-22-14-8-3-9-15-22)24(30-17-21-12-6-2-7-13-21)23(28-26)19-29-16-20-10-4-1-5-11-20/h1-15,23-26,28H,16-19,27H2/p+1/t23-,24-,25+,26?/m1/s1. The SMILES string of the molecule is [NH3+]C1N[C@H](COCc2ccccc2)[C@@H](OCc2ccccc2)[C@@H]1OCc1ccccc1. The van der Waals surface area contributed by atoms with Gasteiger partial charge in [0, 0.05) is 0 Å². The molecule has 31 heavy (non-hydrogen) atoms. The van der Waals surface area contributed by atoms with E-state index in [1.54, 1.807) is 0 Å². The molecule has 0 bridgehead atoms. The van der Waals surface area contributed by atoms with Gasteiger partial charge in [-0.15, -0.1) is 0 Å². The number of benzene rings is 3. The van der Waals surface area contributed by atoms with Crippen molar-refractivity contribution in [2.24, 2.45) is 0 Å². The molecule has 1 fully saturated rings. The Morgan fingerprint density at radius 1 is 0.613 bits per heavy atom. The molecule has 1 heterocycles. The number of hydrogen-bond donors (Lipinski definition) is 2. The van der Waals surface area contributed by atoms with E-state index >= 15 is 0 Å². The van der Waals surface area contributed by atoms with Crippen LogP contribution >= 0.6 is 0 Å². The fraction of sp³-hybridized carbons (Fsp3) is 0.308. The van der Waals surface area contributed by atoms with Gasteiger partial charge in [0.25, 0.3) is 0 Å². The quantitative estimate of drug-likeness (QED) is 0.530. The summed E-state index contributed by atoms with van der Waals surface area (Å²) in [5.41, 5.74) is 7.72. The molecule has 0 amide bonds. The van der Waals surface area contributed by atoms with Gasteiger partial charge in [-0.2, -0.15) is 0 Å². The van der Waals surface area contributed by atoms with E-state index in [-0.39, 0.29) is 24.4 Å². The number of rotatable bonds is 10. The highest BCUT2D eigenvalue weighted by atomic mass is 16.5. The number of nitrogens with one attached hydrogen (secondary N) is 1. The van der Waals surface area contributed by atoms with Gasteiger partial charge in [-0.1, -0.05) is 91.0 Å². The first-order chi connectivity index (χ1) is 15.3. The minimum absolute atomic E-state index is 0.00991. The monoisotopic (exact) mass is 419 g/mol. The molecule has 0 saturated carbocycles. The van der Waals surface area contributed by atoms with Crippen molar-refractivity contribution in [3.05, 3.63) is 108 Å². The third-order valence-electron chi connectivity index (χ3n) is 5.52. The van der Waals surface area contributed by atoms with Gasteiger partial charge in [-0.3, -0.25) is 5.32 Å². The van der Waals surface area contributed by atoms with E-state index in [0.717, 1.165) is 16.7 Å². The van der Waals surface area contributed by atoms with Crippen LogP contribution in [0.3, 0.4) is 0 Å². The van der Waals surface area contributed by atoms with E-state index in [9.17, 15) is 0 Å². The first kappa shape index (κ1) is 21.7. The van der Waals surface area contributed by atoms with E-state index < -0.39 is 0 Å². The van der Waals surface area contributed by atoms with E-state index in [0.29, 0.717) is 26.4 Å². The molecule has 5 nitrogen and oxygen atoms in total. The molecule has 0 aromatic heterocycles. The largest absolute Gasteiger partial charge is 0.375 e. The Morgan fingerprint density at radius 3 is 1.58 bits per heavy atom. The Hall–Kier alpha value is -2.54. The molecule has 4 N–H and O–H groups in total. The lowest BCUT2D eigenvalue weighted by atomic mass is 10.1. The van der Waals surface area contributed by atoms with Crippen molar-refractivity contribution in [3.63, 3.8) is 0 Å². The maximum atomic E-state index is 6.37. The molecule has 3 aromatic carbocycles. The predicted octanol–water partition coefficient (Wildman–Crippen LogP) is 2.91. The van der Waals surface area contributed by atoms with Crippen molar-refractivity contribution in [1.29, 1.82) is 0 Å². The van der Waals surface area contributed by atoms with Gasteiger partial charge in [0.1, 0.15) is 6.10 Å². The molecule has 1 saturated heterocycles. The molecule has 1 aliphatic heterocycles. The zero-order chi connectivity index (χ0) is 21.3. The van der Waals surface area contributed by atoms with Gasteiger partial charge in [0.05, 0.1) is 32.5 Å². The van der Waals surface area contributed by atoms with Crippen LogP contribution in [-0.4, -0.2) is 31.0 Å². The average Bonchev–Trinajstić information content (AvgIpc) is 3.12. The van der Waals surface area contributed by atoms with Crippen LogP contribution in [0, 0.1) is 0 Å². The minimum Gasteiger partial charge on any atom is -0.375 e. The topological polar surface area (TPSA) is 67.4 Å². The second-order valence-corrected chi connectivity index (χ2v) is 7.90. The van der Waals surface area contributed by atoms with Gasteiger partial charge in [0.2, 0.25) is 0 Å². The molecule has 0 spiro atoms. The molecule has 1 aliphatic rings. The fourth-order valence-corrected chi connectivity index (χ4v) is 3.90.